The molecule has 0 radical (unpaired) electrons. The standard InChI is InChI=1S/C15H23N3O/c1-12-4-5-14(10-13(12)2)15(19)11-16-18-8-6-17(3)7-9-18/h4-5,10,16H,6-9,11H2,1-3H3. The van der Waals surface area contributed by atoms with Crippen molar-refractivity contribution in [2.24, 2.45) is 0 Å². The Labute approximate surface area is 115 Å². The van der Waals surface area contributed by atoms with Crippen molar-refractivity contribution < 1.29 is 4.79 Å². The Morgan fingerprint density at radius 1 is 1.16 bits per heavy atom. The average molecular weight is 261 g/mol. The molecule has 2 rings (SSSR count). The van der Waals surface area contributed by atoms with Crippen molar-refractivity contribution >= 4 is 5.78 Å². The first kappa shape index (κ1) is 14.2. The van der Waals surface area contributed by atoms with E-state index in [2.05, 4.69) is 29.3 Å². The largest absolute Gasteiger partial charge is 0.304 e. The molecule has 1 fully saturated rings. The predicted molar refractivity (Wildman–Crippen MR) is 77.3 cm³/mol. The summed E-state index contributed by atoms with van der Waals surface area (Å²) in [6, 6.07) is 5.90. The Bertz CT molecular complexity index is 451. The van der Waals surface area contributed by atoms with Gasteiger partial charge >= 0.3 is 0 Å². The molecule has 1 aromatic carbocycles. The van der Waals surface area contributed by atoms with Crippen LogP contribution in [0.4, 0.5) is 0 Å². The van der Waals surface area contributed by atoms with E-state index < -0.39 is 0 Å². The van der Waals surface area contributed by atoms with Crippen LogP contribution in [0.1, 0.15) is 21.5 Å². The summed E-state index contributed by atoms with van der Waals surface area (Å²) in [5.74, 6) is 0.155. The number of hydrazine groups is 1. The van der Waals surface area contributed by atoms with Crippen LogP contribution in [-0.2, 0) is 0 Å². The summed E-state index contributed by atoms with van der Waals surface area (Å²) in [4.78, 5) is 14.4. The highest BCUT2D eigenvalue weighted by molar-refractivity contribution is 5.97. The van der Waals surface area contributed by atoms with Gasteiger partial charge in [-0.2, -0.15) is 0 Å². The van der Waals surface area contributed by atoms with Crippen molar-refractivity contribution in [2.75, 3.05) is 39.8 Å². The van der Waals surface area contributed by atoms with E-state index in [4.69, 9.17) is 0 Å². The van der Waals surface area contributed by atoms with Crippen molar-refractivity contribution in [1.29, 1.82) is 0 Å². The van der Waals surface area contributed by atoms with E-state index in [1.165, 1.54) is 11.1 Å². The van der Waals surface area contributed by atoms with Crippen LogP contribution in [0.3, 0.4) is 0 Å². The second-order valence-electron chi connectivity index (χ2n) is 5.35. The Hall–Kier alpha value is -1.23. The fourth-order valence-corrected chi connectivity index (χ4v) is 2.17. The maximum Gasteiger partial charge on any atom is 0.178 e. The molecule has 1 heterocycles. The van der Waals surface area contributed by atoms with Gasteiger partial charge < -0.3 is 4.90 Å². The van der Waals surface area contributed by atoms with Gasteiger partial charge in [0.1, 0.15) is 0 Å². The second-order valence-corrected chi connectivity index (χ2v) is 5.35. The average Bonchev–Trinajstić information content (AvgIpc) is 2.41. The van der Waals surface area contributed by atoms with Crippen LogP contribution in [0.2, 0.25) is 0 Å². The minimum absolute atomic E-state index is 0.155. The zero-order valence-electron chi connectivity index (χ0n) is 12.1. The van der Waals surface area contributed by atoms with Crippen LogP contribution >= 0.6 is 0 Å². The van der Waals surface area contributed by atoms with E-state index >= 15 is 0 Å². The van der Waals surface area contributed by atoms with Gasteiger partial charge in [-0.15, -0.1) is 0 Å². The summed E-state index contributed by atoms with van der Waals surface area (Å²) >= 11 is 0. The molecule has 19 heavy (non-hydrogen) atoms. The second kappa shape index (κ2) is 6.28. The van der Waals surface area contributed by atoms with Crippen LogP contribution < -0.4 is 5.43 Å². The van der Waals surface area contributed by atoms with Gasteiger partial charge in [-0.3, -0.25) is 4.79 Å². The number of likely N-dealkylation sites (N-methyl/N-ethyl adjacent to an activating group) is 1. The number of nitrogens with zero attached hydrogens (tertiary/aromatic N) is 2. The Balaban J connectivity index is 1.85. The van der Waals surface area contributed by atoms with Gasteiger partial charge in [0.05, 0.1) is 6.54 Å². The van der Waals surface area contributed by atoms with E-state index in [-0.39, 0.29) is 5.78 Å². The fourth-order valence-electron chi connectivity index (χ4n) is 2.17. The van der Waals surface area contributed by atoms with Crippen LogP contribution in [0.5, 0.6) is 0 Å². The lowest BCUT2D eigenvalue weighted by Crippen LogP contribution is -2.51. The number of carbonyl (C=O) groups is 1. The monoisotopic (exact) mass is 261 g/mol. The molecule has 0 atom stereocenters. The van der Waals surface area contributed by atoms with Crippen molar-refractivity contribution in [1.82, 2.24) is 15.3 Å². The van der Waals surface area contributed by atoms with Gasteiger partial charge in [0.15, 0.2) is 5.78 Å². The molecule has 104 valence electrons. The number of rotatable bonds is 4. The zero-order valence-corrected chi connectivity index (χ0v) is 12.1. The van der Waals surface area contributed by atoms with Gasteiger partial charge in [0.25, 0.3) is 0 Å². The van der Waals surface area contributed by atoms with Crippen LogP contribution in [0.15, 0.2) is 18.2 Å². The van der Waals surface area contributed by atoms with Crippen LogP contribution in [0.25, 0.3) is 0 Å². The summed E-state index contributed by atoms with van der Waals surface area (Å²) in [6.45, 7) is 8.52. The molecule has 0 amide bonds. The topological polar surface area (TPSA) is 35.6 Å². The fraction of sp³-hybridized carbons (Fsp3) is 0.533. The third kappa shape index (κ3) is 3.86. The number of ketones is 1. The van der Waals surface area contributed by atoms with Gasteiger partial charge in [0.2, 0.25) is 0 Å². The smallest absolute Gasteiger partial charge is 0.178 e. The number of aryl methyl sites for hydroxylation is 2. The molecule has 0 spiro atoms. The molecular formula is C15H23N3O. The molecule has 1 saturated heterocycles. The lowest BCUT2D eigenvalue weighted by molar-refractivity contribution is 0.0838. The quantitative estimate of drug-likeness (QED) is 0.827. The van der Waals surface area contributed by atoms with Crippen molar-refractivity contribution in [3.05, 3.63) is 34.9 Å². The maximum atomic E-state index is 12.1. The lowest BCUT2D eigenvalue weighted by atomic mass is 10.0. The third-order valence-electron chi connectivity index (χ3n) is 3.80. The summed E-state index contributed by atoms with van der Waals surface area (Å²) < 4.78 is 0. The third-order valence-corrected chi connectivity index (χ3v) is 3.80. The molecule has 1 aromatic rings. The zero-order chi connectivity index (χ0) is 13.8. The first-order valence-electron chi connectivity index (χ1n) is 6.83. The number of benzene rings is 1. The van der Waals surface area contributed by atoms with Crippen molar-refractivity contribution in [3.63, 3.8) is 0 Å². The minimum atomic E-state index is 0.155. The summed E-state index contributed by atoms with van der Waals surface area (Å²) in [7, 11) is 2.12. The van der Waals surface area contributed by atoms with Crippen molar-refractivity contribution in [2.45, 2.75) is 13.8 Å². The number of hydrogen-bond donors (Lipinski definition) is 1. The van der Waals surface area contributed by atoms with Gasteiger partial charge in [0, 0.05) is 31.7 Å². The van der Waals surface area contributed by atoms with E-state index in [1.54, 1.807) is 0 Å². The molecule has 0 bridgehead atoms. The predicted octanol–water partition coefficient (Wildman–Crippen LogP) is 1.24. The van der Waals surface area contributed by atoms with E-state index in [0.717, 1.165) is 31.7 Å². The van der Waals surface area contributed by atoms with E-state index in [1.807, 2.05) is 25.1 Å². The number of carbonyl (C=O) groups excluding carboxylic acids is 1. The molecular weight excluding hydrogens is 238 g/mol. The minimum Gasteiger partial charge on any atom is -0.304 e. The molecule has 1 aliphatic heterocycles. The molecule has 0 unspecified atom stereocenters. The van der Waals surface area contributed by atoms with Crippen LogP contribution in [-0.4, -0.2) is 55.5 Å². The number of piperazine rings is 1. The Morgan fingerprint density at radius 2 is 1.84 bits per heavy atom. The molecule has 1 N–H and O–H groups in total. The summed E-state index contributed by atoms with van der Waals surface area (Å²) in [5.41, 5.74) is 6.42. The van der Waals surface area contributed by atoms with Crippen molar-refractivity contribution in [3.8, 4) is 0 Å². The molecule has 4 heteroatoms. The SMILES string of the molecule is Cc1ccc(C(=O)CNN2CCN(C)CC2)cc1C. The van der Waals surface area contributed by atoms with E-state index in [0.29, 0.717) is 6.54 Å². The molecule has 0 aromatic heterocycles. The highest BCUT2D eigenvalue weighted by Gasteiger charge is 2.14. The summed E-state index contributed by atoms with van der Waals surface area (Å²) in [6.07, 6.45) is 0. The number of nitrogens with one attached hydrogen (secondary N) is 1. The normalized spacial score (nSPS) is 17.6. The van der Waals surface area contributed by atoms with Crippen LogP contribution in [0, 0.1) is 13.8 Å². The first-order valence-corrected chi connectivity index (χ1v) is 6.83. The van der Waals surface area contributed by atoms with Gasteiger partial charge in [-0.25, -0.2) is 10.4 Å². The maximum absolute atomic E-state index is 12.1. The molecule has 1 aliphatic rings. The summed E-state index contributed by atoms with van der Waals surface area (Å²) in [5, 5.41) is 2.14. The molecule has 0 aliphatic carbocycles. The van der Waals surface area contributed by atoms with Gasteiger partial charge in [-0.05, 0) is 38.1 Å². The number of hydrogen-bond acceptors (Lipinski definition) is 4. The van der Waals surface area contributed by atoms with Gasteiger partial charge in [-0.1, -0.05) is 12.1 Å². The Morgan fingerprint density at radius 3 is 2.47 bits per heavy atom. The Kier molecular flexibility index (Phi) is 4.69. The highest BCUT2D eigenvalue weighted by Crippen LogP contribution is 2.10. The molecule has 4 nitrogen and oxygen atoms in total. The van der Waals surface area contributed by atoms with E-state index in [9.17, 15) is 4.79 Å². The molecule has 0 saturated carbocycles. The first-order chi connectivity index (χ1) is 9.06. The highest BCUT2D eigenvalue weighted by atomic mass is 16.1. The lowest BCUT2D eigenvalue weighted by Gasteiger charge is -2.32. The number of Topliss-reactive ketones (excluding diaryl/α,β-unsaturated/α-hetero) is 1.